The van der Waals surface area contributed by atoms with Gasteiger partial charge in [0.25, 0.3) is 0 Å². The van der Waals surface area contributed by atoms with Gasteiger partial charge in [0.1, 0.15) is 41.6 Å². The summed E-state index contributed by atoms with van der Waals surface area (Å²) < 4.78 is 59.6. The molecule has 4 unspecified atom stereocenters. The Kier molecular flexibility index (Phi) is 8.45. The molecule has 188 valence electrons. The fourth-order valence-corrected chi connectivity index (χ4v) is 5.59. The highest BCUT2D eigenvalue weighted by Crippen LogP contribution is 2.40. The number of hydrazone groups is 1. The first-order chi connectivity index (χ1) is 16.8. The molecule has 0 aliphatic carbocycles. The summed E-state index contributed by atoms with van der Waals surface area (Å²) in [7, 11) is 0. The predicted octanol–water partition coefficient (Wildman–Crippen LogP) is 3.05. The number of aliphatic imine (C=N–C) groups is 1. The maximum atomic E-state index is 13.7. The molecule has 0 bridgehead atoms. The van der Waals surface area contributed by atoms with E-state index < -0.39 is 53.3 Å². The first-order valence-electron chi connectivity index (χ1n) is 10.6. The van der Waals surface area contributed by atoms with Gasteiger partial charge in [-0.25, -0.2) is 13.2 Å². The molecule has 3 N–H and O–H groups in total. The highest BCUT2D eigenvalue weighted by Gasteiger charge is 2.53. The quantitative estimate of drug-likeness (QED) is 0.226. The van der Waals surface area contributed by atoms with Crippen LogP contribution in [0.15, 0.2) is 50.1 Å². The lowest BCUT2D eigenvalue weighted by atomic mass is 9.96. The van der Waals surface area contributed by atoms with E-state index in [0.29, 0.717) is 6.61 Å². The van der Waals surface area contributed by atoms with Gasteiger partial charge < -0.3 is 25.2 Å². The second kappa shape index (κ2) is 11.4. The Bertz CT molecular complexity index is 1100. The molecule has 1 aromatic heterocycles. The Morgan fingerprint density at radius 2 is 2.03 bits per heavy atom. The molecule has 2 aromatic rings. The minimum atomic E-state index is -1.60. The summed E-state index contributed by atoms with van der Waals surface area (Å²) in [5, 5.41) is 14.0. The van der Waals surface area contributed by atoms with Crippen LogP contribution in [0.25, 0.3) is 0 Å². The Morgan fingerprint density at radius 3 is 2.69 bits per heavy atom. The van der Waals surface area contributed by atoms with Gasteiger partial charge in [-0.15, -0.1) is 0 Å². The lowest BCUT2D eigenvalue weighted by molar-refractivity contribution is -0.157. The third-order valence-corrected chi connectivity index (χ3v) is 7.01. The lowest BCUT2D eigenvalue weighted by Crippen LogP contribution is -2.57. The van der Waals surface area contributed by atoms with E-state index in [1.165, 1.54) is 18.0 Å². The minimum absolute atomic E-state index is 0.0439. The van der Waals surface area contributed by atoms with E-state index in [-0.39, 0.29) is 17.9 Å². The average molecular weight is 575 g/mol. The van der Waals surface area contributed by atoms with Crippen molar-refractivity contribution in [3.05, 3.63) is 58.1 Å². The molecule has 6 atom stereocenters. The molecule has 0 saturated carbocycles. The number of aliphatic hydroxyl groups is 1. The van der Waals surface area contributed by atoms with Crippen LogP contribution in [0.5, 0.6) is 0 Å². The minimum Gasteiger partial charge on any atom is -0.388 e. The standard InChI is InChI=1S/C22H22BrF3N4O4S/c1-2-32-21-18(29-8-15(30-27)10-3-13(24)17(26)14(25)4-10)20-19(16(31)9-33-20)34-22(21)35-12-5-11(23)6-28-7-12/h3-8,16,18-22,31H,2,9,27H2,1H3/b29-8?,30-15+/t16?,18?,19?,20-,21?,22-/m1/s1. The summed E-state index contributed by atoms with van der Waals surface area (Å²) in [6.45, 7) is 2.19. The summed E-state index contributed by atoms with van der Waals surface area (Å²) in [4.78, 5) is 9.50. The molecule has 0 radical (unpaired) electrons. The highest BCUT2D eigenvalue weighted by atomic mass is 79.9. The van der Waals surface area contributed by atoms with Gasteiger partial charge in [0.2, 0.25) is 0 Å². The third-order valence-electron chi connectivity index (χ3n) is 5.47. The highest BCUT2D eigenvalue weighted by molar-refractivity contribution is 9.10. The van der Waals surface area contributed by atoms with E-state index in [1.807, 2.05) is 13.0 Å². The smallest absolute Gasteiger partial charge is 0.194 e. The van der Waals surface area contributed by atoms with Crippen molar-refractivity contribution in [2.24, 2.45) is 15.9 Å². The van der Waals surface area contributed by atoms with Crippen LogP contribution in [0, 0.1) is 17.5 Å². The first-order valence-corrected chi connectivity index (χ1v) is 12.3. The van der Waals surface area contributed by atoms with Gasteiger partial charge in [0.15, 0.2) is 17.5 Å². The van der Waals surface area contributed by atoms with Crippen molar-refractivity contribution < 1.29 is 32.5 Å². The maximum absolute atomic E-state index is 13.7. The van der Waals surface area contributed by atoms with Crippen LogP contribution < -0.4 is 5.84 Å². The number of thioether (sulfide) groups is 1. The lowest BCUT2D eigenvalue weighted by Gasteiger charge is -2.42. The van der Waals surface area contributed by atoms with Gasteiger partial charge in [-0.2, -0.15) is 5.10 Å². The molecule has 8 nitrogen and oxygen atoms in total. The molecule has 1 aromatic carbocycles. The van der Waals surface area contributed by atoms with Crippen LogP contribution in [-0.4, -0.2) is 71.1 Å². The van der Waals surface area contributed by atoms with Crippen molar-refractivity contribution >= 4 is 39.6 Å². The van der Waals surface area contributed by atoms with Gasteiger partial charge in [0.05, 0.1) is 6.61 Å². The van der Waals surface area contributed by atoms with Crippen molar-refractivity contribution in [1.29, 1.82) is 0 Å². The van der Waals surface area contributed by atoms with Crippen molar-refractivity contribution in [1.82, 2.24) is 4.98 Å². The van der Waals surface area contributed by atoms with Crippen LogP contribution in [0.2, 0.25) is 0 Å². The zero-order valence-corrected chi connectivity index (χ0v) is 20.8. The number of aromatic nitrogens is 1. The van der Waals surface area contributed by atoms with Gasteiger partial charge in [-0.3, -0.25) is 9.98 Å². The van der Waals surface area contributed by atoms with Crippen LogP contribution >= 0.6 is 27.7 Å². The normalized spacial score (nSPS) is 29.0. The number of hydrogen-bond acceptors (Lipinski definition) is 9. The number of halogens is 4. The fourth-order valence-electron chi connectivity index (χ4n) is 3.93. The largest absolute Gasteiger partial charge is 0.388 e. The van der Waals surface area contributed by atoms with E-state index in [9.17, 15) is 18.3 Å². The zero-order chi connectivity index (χ0) is 25.1. The van der Waals surface area contributed by atoms with Crippen molar-refractivity contribution in [2.45, 2.75) is 47.7 Å². The number of hydrogen-bond donors (Lipinski definition) is 2. The summed E-state index contributed by atoms with van der Waals surface area (Å²) in [6, 6.07) is 2.73. The monoisotopic (exact) mass is 574 g/mol. The third kappa shape index (κ3) is 5.70. The Labute approximate surface area is 211 Å². The Morgan fingerprint density at radius 1 is 1.29 bits per heavy atom. The number of fused-ring (bicyclic) bond motifs is 1. The van der Waals surface area contributed by atoms with Crippen LogP contribution in [0.4, 0.5) is 13.2 Å². The first kappa shape index (κ1) is 26.0. The molecule has 0 spiro atoms. The van der Waals surface area contributed by atoms with Gasteiger partial charge in [-0.1, -0.05) is 11.8 Å². The van der Waals surface area contributed by atoms with E-state index in [0.717, 1.165) is 21.5 Å². The number of aliphatic hydroxyl groups excluding tert-OH is 1. The zero-order valence-electron chi connectivity index (χ0n) is 18.4. The number of nitrogens with zero attached hydrogens (tertiary/aromatic N) is 3. The van der Waals surface area contributed by atoms with Crippen molar-refractivity contribution in [3.63, 3.8) is 0 Å². The molecule has 0 amide bonds. The van der Waals surface area contributed by atoms with Crippen LogP contribution in [0.3, 0.4) is 0 Å². The molecular formula is C22H22BrF3N4O4S. The van der Waals surface area contributed by atoms with Gasteiger partial charge in [0, 0.05) is 40.1 Å². The van der Waals surface area contributed by atoms with Crippen LogP contribution in [0.1, 0.15) is 12.5 Å². The molecular weight excluding hydrogens is 553 g/mol. The Hall–Kier alpha value is -2.03. The molecule has 4 rings (SSSR count). The predicted molar refractivity (Wildman–Crippen MR) is 127 cm³/mol. The second-order valence-electron chi connectivity index (χ2n) is 7.75. The molecule has 35 heavy (non-hydrogen) atoms. The van der Waals surface area contributed by atoms with Gasteiger partial charge >= 0.3 is 0 Å². The number of benzene rings is 1. The molecule has 2 fully saturated rings. The molecule has 13 heteroatoms. The number of pyridine rings is 1. The van der Waals surface area contributed by atoms with Crippen molar-refractivity contribution in [2.75, 3.05) is 13.2 Å². The molecule has 3 heterocycles. The Balaban J connectivity index is 1.66. The number of rotatable bonds is 7. The summed E-state index contributed by atoms with van der Waals surface area (Å²) in [5.41, 5.74) is -0.771. The van der Waals surface area contributed by atoms with E-state index in [4.69, 9.17) is 20.1 Å². The topological polar surface area (TPSA) is 112 Å². The fraction of sp³-hybridized carbons (Fsp3) is 0.409. The number of nitrogens with two attached hydrogens (primary N) is 1. The van der Waals surface area contributed by atoms with E-state index in [1.54, 1.807) is 12.4 Å². The SMILES string of the molecule is CCOC1C(N=C/C(=N\N)c2cc(F)c(F)c(F)c2)[C@H]2OCC(O)C2O[C@@H]1Sc1cncc(Br)c1. The van der Waals surface area contributed by atoms with Crippen LogP contribution in [-0.2, 0) is 14.2 Å². The summed E-state index contributed by atoms with van der Waals surface area (Å²) in [5.74, 6) is 1.08. The summed E-state index contributed by atoms with van der Waals surface area (Å²) >= 11 is 4.74. The molecule has 2 aliphatic rings. The second-order valence-corrected chi connectivity index (χ2v) is 9.84. The van der Waals surface area contributed by atoms with E-state index in [2.05, 4.69) is 31.0 Å². The van der Waals surface area contributed by atoms with Crippen molar-refractivity contribution in [3.8, 4) is 0 Å². The molecule has 2 saturated heterocycles. The average Bonchev–Trinajstić information content (AvgIpc) is 3.19. The number of ether oxygens (including phenoxy) is 3. The maximum Gasteiger partial charge on any atom is 0.194 e. The van der Waals surface area contributed by atoms with Gasteiger partial charge in [-0.05, 0) is 41.1 Å². The molecule has 2 aliphatic heterocycles. The summed E-state index contributed by atoms with van der Waals surface area (Å²) in [6.07, 6.45) is 1.69. The van der Waals surface area contributed by atoms with E-state index >= 15 is 0 Å².